The molecule has 0 amide bonds. The van der Waals surface area contributed by atoms with E-state index in [0.29, 0.717) is 12.3 Å². The molecule has 0 fully saturated rings. The zero-order chi connectivity index (χ0) is 9.94. The number of rotatable bonds is 3. The largest absolute Gasteiger partial charge is 0.390 e. The summed E-state index contributed by atoms with van der Waals surface area (Å²) < 4.78 is 0. The third kappa shape index (κ3) is 4.07. The summed E-state index contributed by atoms with van der Waals surface area (Å²) in [5, 5.41) is 19.2. The zero-order valence-corrected chi connectivity index (χ0v) is 8.83. The van der Waals surface area contributed by atoms with Gasteiger partial charge >= 0.3 is 0 Å². The summed E-state index contributed by atoms with van der Waals surface area (Å²) in [6.07, 6.45) is -0.553. The molecule has 0 aliphatic rings. The second-order valence-electron chi connectivity index (χ2n) is 5.01. The van der Waals surface area contributed by atoms with E-state index in [1.54, 1.807) is 0 Å². The van der Waals surface area contributed by atoms with Crippen LogP contribution in [-0.4, -0.2) is 22.4 Å². The van der Waals surface area contributed by atoms with Crippen LogP contribution in [0.15, 0.2) is 0 Å². The van der Waals surface area contributed by atoms with Crippen molar-refractivity contribution in [3.05, 3.63) is 0 Å². The quantitative estimate of drug-likeness (QED) is 0.685. The second kappa shape index (κ2) is 4.24. The minimum Gasteiger partial charge on any atom is -0.390 e. The maximum Gasteiger partial charge on any atom is 0.0847 e. The Morgan fingerprint density at radius 3 is 1.75 bits per heavy atom. The lowest BCUT2D eigenvalue weighted by Gasteiger charge is -2.30. The Balaban J connectivity index is 4.01. The van der Waals surface area contributed by atoms with Crippen molar-refractivity contribution in [1.29, 1.82) is 0 Å². The van der Waals surface area contributed by atoms with Crippen LogP contribution < -0.4 is 0 Å². The highest BCUT2D eigenvalue weighted by atomic mass is 16.3. The van der Waals surface area contributed by atoms with Crippen LogP contribution in [0.5, 0.6) is 0 Å². The third-order valence-corrected chi connectivity index (χ3v) is 1.96. The highest BCUT2D eigenvalue weighted by Gasteiger charge is 2.29. The molecule has 0 aromatic carbocycles. The van der Waals surface area contributed by atoms with Crippen molar-refractivity contribution in [3.63, 3.8) is 0 Å². The van der Waals surface area contributed by atoms with Crippen molar-refractivity contribution in [1.82, 2.24) is 0 Å². The van der Waals surface area contributed by atoms with E-state index in [1.807, 2.05) is 34.6 Å². The summed E-state index contributed by atoms with van der Waals surface area (Å²) in [5.74, 6) is 0.428. The van der Waals surface area contributed by atoms with Crippen LogP contribution in [0.1, 0.15) is 41.0 Å². The Labute approximate surface area is 75.6 Å². The molecule has 0 heterocycles. The summed E-state index contributed by atoms with van der Waals surface area (Å²) in [7, 11) is 0. The minimum atomic E-state index is -0.625. The lowest BCUT2D eigenvalue weighted by molar-refractivity contribution is -0.0519. The number of aliphatic hydroxyl groups is 2. The fraction of sp³-hybridized carbons (Fsp3) is 1.00. The van der Waals surface area contributed by atoms with Crippen molar-refractivity contribution >= 4 is 0 Å². The fourth-order valence-electron chi connectivity index (χ4n) is 1.19. The normalized spacial score (nSPS) is 18.0. The molecule has 0 aromatic rings. The Kier molecular flexibility index (Phi) is 4.21. The molecular weight excluding hydrogens is 152 g/mol. The first-order valence-electron chi connectivity index (χ1n) is 4.61. The van der Waals surface area contributed by atoms with Crippen LogP contribution >= 0.6 is 0 Å². The Hall–Kier alpha value is -0.0800. The highest BCUT2D eigenvalue weighted by molar-refractivity contribution is 4.79. The van der Waals surface area contributed by atoms with Crippen molar-refractivity contribution in [2.24, 2.45) is 11.3 Å². The summed E-state index contributed by atoms with van der Waals surface area (Å²) >= 11 is 0. The zero-order valence-electron chi connectivity index (χ0n) is 8.83. The van der Waals surface area contributed by atoms with E-state index < -0.39 is 12.2 Å². The average molecular weight is 174 g/mol. The molecule has 0 aliphatic carbocycles. The van der Waals surface area contributed by atoms with Gasteiger partial charge in [0.1, 0.15) is 0 Å². The first kappa shape index (κ1) is 11.9. The molecule has 2 atom stereocenters. The molecule has 2 nitrogen and oxygen atoms in total. The SMILES string of the molecule is CC(C)CC(O)C(O)C(C)(C)C. The number of hydrogen-bond acceptors (Lipinski definition) is 2. The van der Waals surface area contributed by atoms with Crippen LogP contribution in [-0.2, 0) is 0 Å². The Bertz CT molecular complexity index is 124. The van der Waals surface area contributed by atoms with E-state index in [2.05, 4.69) is 0 Å². The topological polar surface area (TPSA) is 40.5 Å². The van der Waals surface area contributed by atoms with Gasteiger partial charge in [-0.15, -0.1) is 0 Å². The van der Waals surface area contributed by atoms with E-state index in [9.17, 15) is 10.2 Å². The fourth-order valence-corrected chi connectivity index (χ4v) is 1.19. The van der Waals surface area contributed by atoms with Crippen LogP contribution in [0.2, 0.25) is 0 Å². The maximum atomic E-state index is 9.65. The molecule has 2 unspecified atom stereocenters. The number of aliphatic hydroxyl groups excluding tert-OH is 2. The summed E-state index contributed by atoms with van der Waals surface area (Å²) in [5.41, 5.74) is -0.228. The van der Waals surface area contributed by atoms with E-state index in [0.717, 1.165) is 0 Å². The van der Waals surface area contributed by atoms with Gasteiger partial charge in [0.25, 0.3) is 0 Å². The van der Waals surface area contributed by atoms with E-state index in [4.69, 9.17) is 0 Å². The molecule has 0 bridgehead atoms. The molecule has 0 spiro atoms. The maximum absolute atomic E-state index is 9.65. The van der Waals surface area contributed by atoms with Gasteiger partial charge in [-0.05, 0) is 17.8 Å². The van der Waals surface area contributed by atoms with Crippen LogP contribution in [0.3, 0.4) is 0 Å². The predicted octanol–water partition coefficient (Wildman–Crippen LogP) is 1.80. The summed E-state index contributed by atoms with van der Waals surface area (Å²) in [6.45, 7) is 9.88. The molecule has 0 rings (SSSR count). The van der Waals surface area contributed by atoms with Gasteiger partial charge < -0.3 is 10.2 Å². The molecule has 12 heavy (non-hydrogen) atoms. The van der Waals surface area contributed by atoms with E-state index in [1.165, 1.54) is 0 Å². The van der Waals surface area contributed by atoms with Gasteiger partial charge in [0.05, 0.1) is 12.2 Å². The molecule has 0 saturated heterocycles. The van der Waals surface area contributed by atoms with Crippen molar-refractivity contribution < 1.29 is 10.2 Å². The van der Waals surface area contributed by atoms with Gasteiger partial charge in [0.2, 0.25) is 0 Å². The summed E-state index contributed by atoms with van der Waals surface area (Å²) in [4.78, 5) is 0. The van der Waals surface area contributed by atoms with Crippen molar-refractivity contribution in [2.75, 3.05) is 0 Å². The van der Waals surface area contributed by atoms with Gasteiger partial charge in [-0.1, -0.05) is 34.6 Å². The average Bonchev–Trinajstić information content (AvgIpc) is 1.82. The highest BCUT2D eigenvalue weighted by Crippen LogP contribution is 2.24. The van der Waals surface area contributed by atoms with E-state index in [-0.39, 0.29) is 5.41 Å². The van der Waals surface area contributed by atoms with Gasteiger partial charge in [-0.3, -0.25) is 0 Å². The van der Waals surface area contributed by atoms with Crippen molar-refractivity contribution in [2.45, 2.75) is 53.2 Å². The van der Waals surface area contributed by atoms with Crippen LogP contribution in [0.4, 0.5) is 0 Å². The number of hydrogen-bond donors (Lipinski definition) is 2. The van der Waals surface area contributed by atoms with Crippen LogP contribution in [0.25, 0.3) is 0 Å². The Morgan fingerprint density at radius 2 is 1.50 bits per heavy atom. The Morgan fingerprint density at radius 1 is 1.08 bits per heavy atom. The molecular formula is C10H22O2. The third-order valence-electron chi connectivity index (χ3n) is 1.96. The van der Waals surface area contributed by atoms with Gasteiger partial charge in [-0.25, -0.2) is 0 Å². The molecule has 0 aromatic heterocycles. The van der Waals surface area contributed by atoms with Gasteiger partial charge in [0, 0.05) is 0 Å². The predicted molar refractivity (Wildman–Crippen MR) is 50.9 cm³/mol. The molecule has 0 radical (unpaired) electrons. The summed E-state index contributed by atoms with van der Waals surface area (Å²) in [6, 6.07) is 0. The molecule has 2 N–H and O–H groups in total. The van der Waals surface area contributed by atoms with E-state index >= 15 is 0 Å². The molecule has 0 saturated carbocycles. The first-order valence-corrected chi connectivity index (χ1v) is 4.61. The second-order valence-corrected chi connectivity index (χ2v) is 5.01. The first-order chi connectivity index (χ1) is 5.25. The minimum absolute atomic E-state index is 0.228. The lowest BCUT2D eigenvalue weighted by Crippen LogP contribution is -2.38. The van der Waals surface area contributed by atoms with Crippen LogP contribution in [0, 0.1) is 11.3 Å². The standard InChI is InChI=1S/C10H22O2/c1-7(2)6-8(11)9(12)10(3,4)5/h7-9,11-12H,6H2,1-5H3. The van der Waals surface area contributed by atoms with Gasteiger partial charge in [-0.2, -0.15) is 0 Å². The molecule has 0 aliphatic heterocycles. The van der Waals surface area contributed by atoms with Crippen molar-refractivity contribution in [3.8, 4) is 0 Å². The van der Waals surface area contributed by atoms with Gasteiger partial charge in [0.15, 0.2) is 0 Å². The molecule has 2 heteroatoms. The lowest BCUT2D eigenvalue weighted by atomic mass is 9.83. The molecule has 74 valence electrons. The smallest absolute Gasteiger partial charge is 0.0847 e. The monoisotopic (exact) mass is 174 g/mol.